The number of aliphatic hydroxyl groups excluding tert-OH is 1. The van der Waals surface area contributed by atoms with Crippen LogP contribution in [0.1, 0.15) is 27.7 Å². The highest BCUT2D eigenvalue weighted by atomic mass is 16.3. The van der Waals surface area contributed by atoms with Crippen LogP contribution in [0.4, 0.5) is 4.79 Å². The molecule has 0 aliphatic carbocycles. The predicted molar refractivity (Wildman–Crippen MR) is 52.6 cm³/mol. The number of likely N-dealkylation sites (N-methyl/N-ethyl adjacent to an activating group) is 1. The third kappa shape index (κ3) is 3.22. The summed E-state index contributed by atoms with van der Waals surface area (Å²) in [6, 6.07) is -0.121. The van der Waals surface area contributed by atoms with Crippen LogP contribution in [-0.2, 0) is 0 Å². The molecule has 13 heavy (non-hydrogen) atoms. The van der Waals surface area contributed by atoms with Gasteiger partial charge in [0.05, 0.1) is 12.1 Å². The van der Waals surface area contributed by atoms with E-state index in [4.69, 9.17) is 5.11 Å². The van der Waals surface area contributed by atoms with E-state index in [1.807, 2.05) is 27.7 Å². The smallest absolute Gasteiger partial charge is 0.317 e. The third-order valence-corrected chi connectivity index (χ3v) is 2.01. The molecular formula is C9H20N2O2. The molecule has 0 heterocycles. The molecule has 0 rings (SSSR count). The van der Waals surface area contributed by atoms with Gasteiger partial charge in [-0.25, -0.2) is 4.79 Å². The highest BCUT2D eigenvalue weighted by molar-refractivity contribution is 5.74. The first-order valence-electron chi connectivity index (χ1n) is 4.66. The maximum absolute atomic E-state index is 11.5. The van der Waals surface area contributed by atoms with Crippen molar-refractivity contribution in [2.75, 3.05) is 19.7 Å². The van der Waals surface area contributed by atoms with Gasteiger partial charge in [0.2, 0.25) is 0 Å². The lowest BCUT2D eigenvalue weighted by molar-refractivity contribution is 0.0841. The predicted octanol–water partition coefficient (Wildman–Crippen LogP) is 0.809. The average Bonchev–Trinajstić information content (AvgIpc) is 2.05. The lowest BCUT2D eigenvalue weighted by atomic mass is 10.1. The molecule has 0 aliphatic rings. The number of hydrogen-bond donors (Lipinski definition) is 2. The van der Waals surface area contributed by atoms with Gasteiger partial charge in [-0.2, -0.15) is 0 Å². The van der Waals surface area contributed by atoms with Crippen molar-refractivity contribution in [1.29, 1.82) is 0 Å². The van der Waals surface area contributed by atoms with Crippen LogP contribution in [0, 0.1) is 0 Å². The number of nitrogens with one attached hydrogen (secondary N) is 1. The molecule has 0 unspecified atom stereocenters. The molecule has 78 valence electrons. The molecular weight excluding hydrogens is 168 g/mol. The number of urea groups is 1. The first kappa shape index (κ1) is 12.2. The van der Waals surface area contributed by atoms with E-state index in [0.29, 0.717) is 13.1 Å². The molecule has 2 N–H and O–H groups in total. The average molecular weight is 188 g/mol. The van der Waals surface area contributed by atoms with E-state index in [2.05, 4.69) is 5.32 Å². The van der Waals surface area contributed by atoms with Crippen LogP contribution in [0.2, 0.25) is 0 Å². The maximum Gasteiger partial charge on any atom is 0.317 e. The molecule has 4 heteroatoms. The highest BCUT2D eigenvalue weighted by Crippen LogP contribution is 2.12. The molecule has 0 aromatic heterocycles. The quantitative estimate of drug-likeness (QED) is 0.686. The van der Waals surface area contributed by atoms with Gasteiger partial charge in [-0.15, -0.1) is 0 Å². The van der Waals surface area contributed by atoms with Gasteiger partial charge in [0.25, 0.3) is 0 Å². The van der Waals surface area contributed by atoms with E-state index in [1.54, 1.807) is 4.90 Å². The van der Waals surface area contributed by atoms with E-state index in [9.17, 15) is 4.79 Å². The highest BCUT2D eigenvalue weighted by Gasteiger charge is 2.28. The summed E-state index contributed by atoms with van der Waals surface area (Å²) in [5.41, 5.74) is -0.492. The minimum absolute atomic E-state index is 0.0298. The fraction of sp³-hybridized carbons (Fsp3) is 0.889. The number of hydrogen-bond acceptors (Lipinski definition) is 2. The lowest BCUT2D eigenvalue weighted by Gasteiger charge is -2.36. The summed E-state index contributed by atoms with van der Waals surface area (Å²) in [4.78, 5) is 13.1. The maximum atomic E-state index is 11.5. The van der Waals surface area contributed by atoms with Crippen LogP contribution in [0.5, 0.6) is 0 Å². The number of aliphatic hydroxyl groups is 1. The summed E-state index contributed by atoms with van der Waals surface area (Å²) < 4.78 is 0. The Hall–Kier alpha value is -0.770. The fourth-order valence-corrected chi connectivity index (χ4v) is 1.18. The number of carbonyl (C=O) groups is 1. The van der Waals surface area contributed by atoms with Gasteiger partial charge < -0.3 is 15.3 Å². The molecule has 0 saturated heterocycles. The number of amides is 2. The number of rotatable bonds is 4. The van der Waals surface area contributed by atoms with Gasteiger partial charge in [-0.1, -0.05) is 0 Å². The topological polar surface area (TPSA) is 52.6 Å². The third-order valence-electron chi connectivity index (χ3n) is 2.01. The minimum Gasteiger partial charge on any atom is -0.394 e. The van der Waals surface area contributed by atoms with E-state index in [1.165, 1.54) is 0 Å². The zero-order valence-corrected chi connectivity index (χ0v) is 8.92. The van der Waals surface area contributed by atoms with Gasteiger partial charge in [0.15, 0.2) is 0 Å². The Morgan fingerprint density at radius 2 is 2.00 bits per heavy atom. The van der Waals surface area contributed by atoms with Crippen molar-refractivity contribution < 1.29 is 9.90 Å². The Kier molecular flexibility index (Phi) is 4.77. The molecule has 0 bridgehead atoms. The van der Waals surface area contributed by atoms with Crippen LogP contribution in [0.15, 0.2) is 0 Å². The number of carbonyl (C=O) groups excluding carboxylic acids is 1. The van der Waals surface area contributed by atoms with Crippen LogP contribution in [0.3, 0.4) is 0 Å². The van der Waals surface area contributed by atoms with Crippen LogP contribution >= 0.6 is 0 Å². The largest absolute Gasteiger partial charge is 0.394 e. The summed E-state index contributed by atoms with van der Waals surface area (Å²) in [7, 11) is 0. The summed E-state index contributed by atoms with van der Waals surface area (Å²) >= 11 is 0. The van der Waals surface area contributed by atoms with Crippen molar-refractivity contribution >= 4 is 6.03 Å². The van der Waals surface area contributed by atoms with E-state index in [0.717, 1.165) is 0 Å². The molecule has 4 nitrogen and oxygen atoms in total. The van der Waals surface area contributed by atoms with Crippen molar-refractivity contribution in [1.82, 2.24) is 10.2 Å². The van der Waals surface area contributed by atoms with Crippen LogP contribution < -0.4 is 5.32 Å². The van der Waals surface area contributed by atoms with Crippen molar-refractivity contribution in [2.24, 2.45) is 0 Å². The van der Waals surface area contributed by atoms with Crippen molar-refractivity contribution in [3.63, 3.8) is 0 Å². The van der Waals surface area contributed by atoms with Gasteiger partial charge >= 0.3 is 6.03 Å². The molecule has 0 aliphatic heterocycles. The molecule has 0 fully saturated rings. The molecule has 0 radical (unpaired) electrons. The van der Waals surface area contributed by atoms with Crippen LogP contribution in [0.25, 0.3) is 0 Å². The standard InChI is InChI=1S/C9H20N2O2/c1-5-10-8(13)11(6-2)9(3,4)7-12/h12H,5-7H2,1-4H3,(H,10,13). The first-order chi connectivity index (χ1) is 5.99. The second-order valence-electron chi connectivity index (χ2n) is 3.55. The molecule has 0 spiro atoms. The first-order valence-corrected chi connectivity index (χ1v) is 4.66. The summed E-state index contributed by atoms with van der Waals surface area (Å²) in [6.45, 7) is 8.62. The van der Waals surface area contributed by atoms with Crippen molar-refractivity contribution in [3.8, 4) is 0 Å². The SMILES string of the molecule is CCNC(=O)N(CC)C(C)(C)CO. The monoisotopic (exact) mass is 188 g/mol. The van der Waals surface area contributed by atoms with E-state index in [-0.39, 0.29) is 12.6 Å². The molecule has 0 aromatic carbocycles. The van der Waals surface area contributed by atoms with E-state index < -0.39 is 5.54 Å². The Balaban J connectivity index is 4.40. The summed E-state index contributed by atoms with van der Waals surface area (Å²) in [5.74, 6) is 0. The Bertz CT molecular complexity index is 169. The Labute approximate surface area is 79.9 Å². The molecule has 0 atom stereocenters. The lowest BCUT2D eigenvalue weighted by Crippen LogP contribution is -2.53. The second-order valence-corrected chi connectivity index (χ2v) is 3.55. The molecule has 2 amide bonds. The minimum atomic E-state index is -0.492. The Morgan fingerprint density at radius 1 is 1.46 bits per heavy atom. The molecule has 0 aromatic rings. The van der Waals surface area contributed by atoms with E-state index >= 15 is 0 Å². The molecule has 0 saturated carbocycles. The zero-order valence-electron chi connectivity index (χ0n) is 8.92. The van der Waals surface area contributed by atoms with Gasteiger partial charge in [-0.05, 0) is 27.7 Å². The van der Waals surface area contributed by atoms with Crippen LogP contribution in [-0.4, -0.2) is 41.3 Å². The second kappa shape index (κ2) is 5.07. The fourth-order valence-electron chi connectivity index (χ4n) is 1.18. The Morgan fingerprint density at radius 3 is 2.31 bits per heavy atom. The summed E-state index contributed by atoms with van der Waals surface area (Å²) in [5, 5.41) is 11.8. The zero-order chi connectivity index (χ0) is 10.5. The van der Waals surface area contributed by atoms with Gasteiger partial charge in [-0.3, -0.25) is 0 Å². The van der Waals surface area contributed by atoms with Gasteiger partial charge in [0.1, 0.15) is 0 Å². The number of nitrogens with zero attached hydrogens (tertiary/aromatic N) is 1. The normalized spacial score (nSPS) is 11.2. The van der Waals surface area contributed by atoms with Gasteiger partial charge in [0, 0.05) is 13.1 Å². The summed E-state index contributed by atoms with van der Waals surface area (Å²) in [6.07, 6.45) is 0. The van der Waals surface area contributed by atoms with Crippen molar-refractivity contribution in [3.05, 3.63) is 0 Å². The van der Waals surface area contributed by atoms with Crippen molar-refractivity contribution in [2.45, 2.75) is 33.2 Å².